The van der Waals surface area contributed by atoms with Crippen molar-refractivity contribution in [3.63, 3.8) is 0 Å². The number of methoxy groups -OCH3 is 1. The van der Waals surface area contributed by atoms with Crippen LogP contribution in [0.3, 0.4) is 0 Å². The number of rotatable bonds is 7. The van der Waals surface area contributed by atoms with Gasteiger partial charge in [-0.1, -0.05) is 24.3 Å². The quantitative estimate of drug-likeness (QED) is 0.731. The highest BCUT2D eigenvalue weighted by Gasteiger charge is 2.12. The second-order valence-electron chi connectivity index (χ2n) is 4.92. The number of ether oxygens (including phenoxy) is 2. The highest BCUT2D eigenvalue weighted by Crippen LogP contribution is 2.18. The van der Waals surface area contributed by atoms with Gasteiger partial charge in [-0.05, 0) is 29.8 Å². The summed E-state index contributed by atoms with van der Waals surface area (Å²) in [6.45, 7) is 0.279. The molecule has 0 bridgehead atoms. The zero-order chi connectivity index (χ0) is 17.6. The Morgan fingerprint density at radius 2 is 1.79 bits per heavy atom. The van der Waals surface area contributed by atoms with Crippen LogP contribution in [0.4, 0.5) is 0 Å². The van der Waals surface area contributed by atoms with Gasteiger partial charge in [-0.2, -0.15) is 0 Å². The SMILES string of the molecule is COCOc1ccccc1C(=O)NCc1ccc(S(N)(=O)=O)cc1. The summed E-state index contributed by atoms with van der Waals surface area (Å²) >= 11 is 0. The van der Waals surface area contributed by atoms with Gasteiger partial charge < -0.3 is 14.8 Å². The fourth-order valence-corrected chi connectivity index (χ4v) is 2.49. The zero-order valence-electron chi connectivity index (χ0n) is 13.1. The van der Waals surface area contributed by atoms with Crippen LogP contribution < -0.4 is 15.2 Å². The molecule has 1 amide bonds. The number of para-hydroxylation sites is 1. The van der Waals surface area contributed by atoms with Crippen molar-refractivity contribution in [3.05, 3.63) is 59.7 Å². The smallest absolute Gasteiger partial charge is 0.255 e. The number of carbonyl (C=O) groups excluding carboxylic acids is 1. The highest BCUT2D eigenvalue weighted by molar-refractivity contribution is 7.89. The molecular weight excluding hydrogens is 332 g/mol. The third kappa shape index (κ3) is 4.79. The summed E-state index contributed by atoms with van der Waals surface area (Å²) in [5.74, 6) is 0.110. The summed E-state index contributed by atoms with van der Waals surface area (Å²) in [7, 11) is -2.23. The van der Waals surface area contributed by atoms with Crippen LogP contribution in [-0.4, -0.2) is 28.2 Å². The molecule has 0 atom stereocenters. The fraction of sp³-hybridized carbons (Fsp3) is 0.188. The Bertz CT molecular complexity index is 803. The number of nitrogens with one attached hydrogen (secondary N) is 1. The van der Waals surface area contributed by atoms with Gasteiger partial charge in [-0.3, -0.25) is 4.79 Å². The predicted molar refractivity (Wildman–Crippen MR) is 87.9 cm³/mol. The molecule has 0 aliphatic heterocycles. The number of hydrogen-bond acceptors (Lipinski definition) is 5. The van der Waals surface area contributed by atoms with E-state index in [1.165, 1.54) is 19.2 Å². The lowest BCUT2D eigenvalue weighted by Crippen LogP contribution is -2.23. The van der Waals surface area contributed by atoms with Gasteiger partial charge in [0, 0.05) is 13.7 Å². The maximum Gasteiger partial charge on any atom is 0.255 e. The molecule has 0 heterocycles. The minimum absolute atomic E-state index is 0.0240. The summed E-state index contributed by atoms with van der Waals surface area (Å²) in [5.41, 5.74) is 1.13. The van der Waals surface area contributed by atoms with Crippen LogP contribution in [0, 0.1) is 0 Å². The van der Waals surface area contributed by atoms with Crippen molar-refractivity contribution in [2.24, 2.45) is 5.14 Å². The van der Waals surface area contributed by atoms with Crippen LogP contribution in [0.25, 0.3) is 0 Å². The van der Waals surface area contributed by atoms with E-state index in [2.05, 4.69) is 5.32 Å². The summed E-state index contributed by atoms with van der Waals surface area (Å²) in [5, 5.41) is 7.79. The molecule has 0 radical (unpaired) electrons. The van der Waals surface area contributed by atoms with E-state index < -0.39 is 10.0 Å². The molecule has 2 aromatic rings. The van der Waals surface area contributed by atoms with Gasteiger partial charge in [0.25, 0.3) is 5.91 Å². The Balaban J connectivity index is 2.03. The third-order valence-electron chi connectivity index (χ3n) is 3.17. The van der Waals surface area contributed by atoms with E-state index in [-0.39, 0.29) is 24.1 Å². The van der Waals surface area contributed by atoms with Crippen molar-refractivity contribution in [3.8, 4) is 5.75 Å². The fourth-order valence-electron chi connectivity index (χ4n) is 1.98. The number of hydrogen-bond donors (Lipinski definition) is 2. The monoisotopic (exact) mass is 350 g/mol. The normalized spacial score (nSPS) is 11.1. The number of sulfonamides is 1. The van der Waals surface area contributed by atoms with Gasteiger partial charge in [0.15, 0.2) is 6.79 Å². The van der Waals surface area contributed by atoms with Crippen LogP contribution in [0.2, 0.25) is 0 Å². The first kappa shape index (κ1) is 17.9. The lowest BCUT2D eigenvalue weighted by molar-refractivity contribution is 0.0501. The standard InChI is InChI=1S/C16H18N2O5S/c1-22-11-23-15-5-3-2-4-14(15)16(19)18-10-12-6-8-13(9-7-12)24(17,20)21/h2-9H,10-11H2,1H3,(H,18,19)(H2,17,20,21). The van der Waals surface area contributed by atoms with E-state index in [1.807, 2.05) is 0 Å². The molecule has 0 aromatic heterocycles. The number of primary sulfonamides is 1. The average Bonchev–Trinajstić information content (AvgIpc) is 2.57. The zero-order valence-corrected chi connectivity index (χ0v) is 13.9. The summed E-state index contributed by atoms with van der Waals surface area (Å²) < 4.78 is 32.6. The first-order valence-corrected chi connectivity index (χ1v) is 8.57. The maximum atomic E-state index is 12.3. The molecule has 2 rings (SSSR count). The summed E-state index contributed by atoms with van der Waals surface area (Å²) in [4.78, 5) is 12.3. The largest absolute Gasteiger partial charge is 0.467 e. The molecule has 8 heteroatoms. The van der Waals surface area contributed by atoms with Gasteiger partial charge in [0.2, 0.25) is 10.0 Å². The van der Waals surface area contributed by atoms with Crippen molar-refractivity contribution in [2.75, 3.05) is 13.9 Å². The molecule has 7 nitrogen and oxygen atoms in total. The molecule has 2 aromatic carbocycles. The molecule has 3 N–H and O–H groups in total. The first-order valence-electron chi connectivity index (χ1n) is 7.02. The third-order valence-corrected chi connectivity index (χ3v) is 4.10. The lowest BCUT2D eigenvalue weighted by Gasteiger charge is -2.11. The van der Waals surface area contributed by atoms with E-state index in [0.717, 1.165) is 5.56 Å². The van der Waals surface area contributed by atoms with Gasteiger partial charge in [0.05, 0.1) is 10.5 Å². The second kappa shape index (κ2) is 7.91. The number of nitrogens with two attached hydrogens (primary N) is 1. The van der Waals surface area contributed by atoms with Crippen LogP contribution in [0.5, 0.6) is 5.75 Å². The van der Waals surface area contributed by atoms with Crippen molar-refractivity contribution in [2.45, 2.75) is 11.4 Å². The topological polar surface area (TPSA) is 108 Å². The second-order valence-corrected chi connectivity index (χ2v) is 6.48. The van der Waals surface area contributed by atoms with E-state index in [4.69, 9.17) is 14.6 Å². The van der Waals surface area contributed by atoms with Crippen molar-refractivity contribution in [1.82, 2.24) is 5.32 Å². The minimum Gasteiger partial charge on any atom is -0.467 e. The Labute approximate surface area is 140 Å². The predicted octanol–water partition coefficient (Wildman–Crippen LogP) is 1.25. The lowest BCUT2D eigenvalue weighted by atomic mass is 10.1. The number of amides is 1. The van der Waals surface area contributed by atoms with Crippen molar-refractivity contribution < 1.29 is 22.7 Å². The average molecular weight is 350 g/mol. The van der Waals surface area contributed by atoms with E-state index in [9.17, 15) is 13.2 Å². The summed E-state index contributed by atoms with van der Waals surface area (Å²) in [6, 6.07) is 12.8. The van der Waals surface area contributed by atoms with Crippen LogP contribution in [0.15, 0.2) is 53.4 Å². The molecule has 0 aliphatic carbocycles. The summed E-state index contributed by atoms with van der Waals surface area (Å²) in [6.07, 6.45) is 0. The molecule has 24 heavy (non-hydrogen) atoms. The molecule has 0 saturated carbocycles. The van der Waals surface area contributed by atoms with Crippen molar-refractivity contribution in [1.29, 1.82) is 0 Å². The van der Waals surface area contributed by atoms with Gasteiger partial charge in [0.1, 0.15) is 5.75 Å². The number of carbonyl (C=O) groups is 1. The molecule has 0 spiro atoms. The van der Waals surface area contributed by atoms with Crippen LogP contribution in [0.1, 0.15) is 15.9 Å². The molecule has 0 saturated heterocycles. The highest BCUT2D eigenvalue weighted by atomic mass is 32.2. The van der Waals surface area contributed by atoms with Crippen LogP contribution in [-0.2, 0) is 21.3 Å². The molecule has 0 aliphatic rings. The van der Waals surface area contributed by atoms with Crippen LogP contribution >= 0.6 is 0 Å². The van der Waals surface area contributed by atoms with E-state index in [1.54, 1.807) is 36.4 Å². The van der Waals surface area contributed by atoms with Gasteiger partial charge in [-0.25, -0.2) is 13.6 Å². The molecule has 0 fully saturated rings. The van der Waals surface area contributed by atoms with Crippen molar-refractivity contribution >= 4 is 15.9 Å². The first-order chi connectivity index (χ1) is 11.4. The van der Waals surface area contributed by atoms with E-state index in [0.29, 0.717) is 11.3 Å². The molecular formula is C16H18N2O5S. The maximum absolute atomic E-state index is 12.3. The Kier molecular flexibility index (Phi) is 5.91. The van der Waals surface area contributed by atoms with Gasteiger partial charge in [-0.15, -0.1) is 0 Å². The minimum atomic E-state index is -3.72. The van der Waals surface area contributed by atoms with Gasteiger partial charge >= 0.3 is 0 Å². The Morgan fingerprint density at radius 3 is 2.42 bits per heavy atom. The molecule has 0 unspecified atom stereocenters. The Hall–Kier alpha value is -2.42. The Morgan fingerprint density at radius 1 is 1.12 bits per heavy atom. The van der Waals surface area contributed by atoms with E-state index >= 15 is 0 Å². The number of benzene rings is 2. The molecule has 128 valence electrons.